The van der Waals surface area contributed by atoms with Crippen molar-refractivity contribution in [2.24, 2.45) is 0 Å². The fourth-order valence-corrected chi connectivity index (χ4v) is 5.01. The molecule has 0 saturated carbocycles. The lowest BCUT2D eigenvalue weighted by molar-refractivity contribution is 0.122. The molecule has 5 rings (SSSR count). The molecule has 1 unspecified atom stereocenters. The van der Waals surface area contributed by atoms with Gasteiger partial charge in [0.05, 0.1) is 18.1 Å². The molecular weight excluding hydrogens is 408 g/mol. The Labute approximate surface area is 195 Å². The van der Waals surface area contributed by atoms with Crippen molar-refractivity contribution in [2.45, 2.75) is 25.4 Å². The monoisotopic (exact) mass is 436 g/mol. The van der Waals surface area contributed by atoms with Gasteiger partial charge in [-0.25, -0.2) is 0 Å². The van der Waals surface area contributed by atoms with Crippen molar-refractivity contribution in [3.05, 3.63) is 119 Å². The molecule has 0 amide bonds. The highest BCUT2D eigenvalue weighted by Gasteiger charge is 2.45. The van der Waals surface area contributed by atoms with E-state index in [1.165, 1.54) is 33.4 Å². The van der Waals surface area contributed by atoms with Crippen LogP contribution in [0.25, 0.3) is 11.1 Å². The molecule has 166 valence electrons. The Morgan fingerprint density at radius 1 is 0.667 bits per heavy atom. The van der Waals surface area contributed by atoms with Gasteiger partial charge < -0.3 is 14.6 Å². The van der Waals surface area contributed by atoms with Crippen LogP contribution in [0.4, 0.5) is 0 Å². The number of hydrogen-bond acceptors (Lipinski definition) is 3. The van der Waals surface area contributed by atoms with E-state index >= 15 is 0 Å². The highest BCUT2D eigenvalue weighted by molar-refractivity contribution is 5.86. The van der Waals surface area contributed by atoms with Gasteiger partial charge in [-0.3, -0.25) is 0 Å². The number of fused-ring (bicyclic) bond motifs is 3. The third-order valence-corrected chi connectivity index (χ3v) is 6.33. The predicted octanol–water partition coefficient (Wildman–Crippen LogP) is 6.21. The molecule has 0 bridgehead atoms. The van der Waals surface area contributed by atoms with Crippen molar-refractivity contribution in [2.75, 3.05) is 13.2 Å². The van der Waals surface area contributed by atoms with Crippen LogP contribution < -0.4 is 9.47 Å². The summed E-state index contributed by atoms with van der Waals surface area (Å²) in [4.78, 5) is 0. The lowest BCUT2D eigenvalue weighted by atomic mass is 9.68. The molecule has 0 fully saturated rings. The van der Waals surface area contributed by atoms with Crippen LogP contribution in [0.5, 0.6) is 11.5 Å². The van der Waals surface area contributed by atoms with Crippen molar-refractivity contribution in [3.63, 3.8) is 0 Å². The molecule has 0 saturated heterocycles. The van der Waals surface area contributed by atoms with E-state index in [0.717, 1.165) is 11.5 Å². The summed E-state index contributed by atoms with van der Waals surface area (Å²) < 4.78 is 11.5. The lowest BCUT2D eigenvalue weighted by Gasteiger charge is -2.34. The van der Waals surface area contributed by atoms with Gasteiger partial charge >= 0.3 is 0 Å². The molecule has 0 heterocycles. The zero-order valence-corrected chi connectivity index (χ0v) is 19.0. The Bertz CT molecular complexity index is 1190. The summed E-state index contributed by atoms with van der Waals surface area (Å²) in [5.41, 5.74) is 6.99. The number of ether oxygens (including phenoxy) is 2. The third kappa shape index (κ3) is 3.59. The first kappa shape index (κ1) is 21.3. The summed E-state index contributed by atoms with van der Waals surface area (Å²) in [6.07, 6.45) is -0.506. The van der Waals surface area contributed by atoms with Crippen LogP contribution in [0, 0.1) is 0 Å². The smallest absolute Gasteiger partial charge is 0.119 e. The van der Waals surface area contributed by atoms with Crippen molar-refractivity contribution >= 4 is 0 Å². The Kier molecular flexibility index (Phi) is 5.65. The summed E-state index contributed by atoms with van der Waals surface area (Å²) in [5, 5.41) is 9.57. The average Bonchev–Trinajstić information content (AvgIpc) is 3.15. The van der Waals surface area contributed by atoms with E-state index in [-0.39, 0.29) is 6.61 Å². The van der Waals surface area contributed by atoms with Crippen LogP contribution >= 0.6 is 0 Å². The summed E-state index contributed by atoms with van der Waals surface area (Å²) in [7, 11) is 0. The van der Waals surface area contributed by atoms with Crippen LogP contribution in [0.15, 0.2) is 97.1 Å². The van der Waals surface area contributed by atoms with Crippen molar-refractivity contribution < 1.29 is 14.6 Å². The molecule has 0 aromatic heterocycles. The minimum absolute atomic E-state index is 0.273. The molecule has 3 heteroatoms. The molecule has 33 heavy (non-hydrogen) atoms. The third-order valence-electron chi connectivity index (χ3n) is 6.33. The highest BCUT2D eigenvalue weighted by Crippen LogP contribution is 2.56. The SMILES string of the molecule is CCOc1ccc(C2(c3ccc(OCC(C)O)cc3)c3ccccc3-c3ccccc32)cc1. The second-order valence-electron chi connectivity index (χ2n) is 8.48. The minimum Gasteiger partial charge on any atom is -0.494 e. The van der Waals surface area contributed by atoms with Crippen LogP contribution in [-0.4, -0.2) is 24.4 Å². The number of hydrogen-bond donors (Lipinski definition) is 1. The van der Waals surface area contributed by atoms with Gasteiger partial charge in [0.2, 0.25) is 0 Å². The summed E-state index contributed by atoms with van der Waals surface area (Å²) >= 11 is 0. The molecule has 4 aromatic rings. The van der Waals surface area contributed by atoms with Gasteiger partial charge in [0, 0.05) is 0 Å². The zero-order valence-electron chi connectivity index (χ0n) is 19.0. The van der Waals surface area contributed by atoms with E-state index in [9.17, 15) is 5.11 Å². The summed E-state index contributed by atoms with van der Waals surface area (Å²) in [6, 6.07) is 34.1. The first-order chi connectivity index (χ1) is 16.1. The van der Waals surface area contributed by atoms with Gasteiger partial charge in [0.25, 0.3) is 0 Å². The molecule has 1 N–H and O–H groups in total. The topological polar surface area (TPSA) is 38.7 Å². The first-order valence-corrected chi connectivity index (χ1v) is 11.5. The quantitative estimate of drug-likeness (QED) is 0.330. The van der Waals surface area contributed by atoms with Gasteiger partial charge in [-0.2, -0.15) is 0 Å². The highest BCUT2D eigenvalue weighted by atomic mass is 16.5. The van der Waals surface area contributed by atoms with Crippen LogP contribution in [0.1, 0.15) is 36.1 Å². The van der Waals surface area contributed by atoms with Gasteiger partial charge in [0.1, 0.15) is 18.1 Å². The second-order valence-corrected chi connectivity index (χ2v) is 8.48. The normalized spacial score (nSPS) is 14.3. The molecule has 1 aliphatic rings. The molecule has 4 aromatic carbocycles. The van der Waals surface area contributed by atoms with Gasteiger partial charge in [-0.1, -0.05) is 72.8 Å². The van der Waals surface area contributed by atoms with E-state index in [0.29, 0.717) is 6.61 Å². The zero-order chi connectivity index (χ0) is 22.8. The number of aliphatic hydroxyl groups is 1. The maximum absolute atomic E-state index is 9.57. The molecule has 1 aliphatic carbocycles. The van der Waals surface area contributed by atoms with Gasteiger partial charge in [-0.05, 0) is 71.5 Å². The maximum Gasteiger partial charge on any atom is 0.119 e. The largest absolute Gasteiger partial charge is 0.494 e. The van der Waals surface area contributed by atoms with E-state index in [1.54, 1.807) is 6.92 Å². The van der Waals surface area contributed by atoms with E-state index in [1.807, 2.05) is 19.1 Å². The fraction of sp³-hybridized carbons (Fsp3) is 0.200. The van der Waals surface area contributed by atoms with E-state index in [4.69, 9.17) is 9.47 Å². The van der Waals surface area contributed by atoms with Crippen molar-refractivity contribution in [1.82, 2.24) is 0 Å². The average molecular weight is 437 g/mol. The van der Waals surface area contributed by atoms with Crippen LogP contribution in [0.3, 0.4) is 0 Å². The Hall–Kier alpha value is -3.56. The minimum atomic E-state index is -0.506. The Balaban J connectivity index is 1.72. The lowest BCUT2D eigenvalue weighted by Crippen LogP contribution is -2.28. The maximum atomic E-state index is 9.57. The molecule has 0 aliphatic heterocycles. The molecule has 1 atom stereocenters. The van der Waals surface area contributed by atoms with Gasteiger partial charge in [-0.15, -0.1) is 0 Å². The van der Waals surface area contributed by atoms with Crippen molar-refractivity contribution in [1.29, 1.82) is 0 Å². The fourth-order valence-electron chi connectivity index (χ4n) is 5.01. The Morgan fingerprint density at radius 2 is 1.12 bits per heavy atom. The summed E-state index contributed by atoms with van der Waals surface area (Å²) in [5.74, 6) is 1.62. The van der Waals surface area contributed by atoms with Crippen LogP contribution in [0.2, 0.25) is 0 Å². The predicted molar refractivity (Wildman–Crippen MR) is 132 cm³/mol. The molecular formula is C30H28O3. The Morgan fingerprint density at radius 3 is 1.58 bits per heavy atom. The van der Waals surface area contributed by atoms with E-state index < -0.39 is 11.5 Å². The summed E-state index contributed by atoms with van der Waals surface area (Å²) in [6.45, 7) is 4.64. The first-order valence-electron chi connectivity index (χ1n) is 11.5. The molecule has 0 spiro atoms. The van der Waals surface area contributed by atoms with Crippen molar-refractivity contribution in [3.8, 4) is 22.6 Å². The van der Waals surface area contributed by atoms with E-state index in [2.05, 4.69) is 84.9 Å². The number of rotatable bonds is 7. The molecule has 0 radical (unpaired) electrons. The second kappa shape index (κ2) is 8.76. The standard InChI is InChI=1S/C30H28O3/c1-3-32-24-16-12-22(13-17-24)30(23-14-18-25(19-15-23)33-20-21(2)31)28-10-6-4-8-26(28)27-9-5-7-11-29(27)30/h4-19,21,31H,3,20H2,1-2H3. The number of benzene rings is 4. The van der Waals surface area contributed by atoms with Crippen LogP contribution in [-0.2, 0) is 5.41 Å². The number of aliphatic hydroxyl groups excluding tert-OH is 1. The van der Waals surface area contributed by atoms with Gasteiger partial charge in [0.15, 0.2) is 0 Å². The molecule has 3 nitrogen and oxygen atoms in total.